The van der Waals surface area contributed by atoms with Gasteiger partial charge in [0, 0.05) is 10.9 Å². The third-order valence-corrected chi connectivity index (χ3v) is 5.14. The molecule has 0 radical (unpaired) electrons. The van der Waals surface area contributed by atoms with Crippen LogP contribution in [0, 0.1) is 0 Å². The van der Waals surface area contributed by atoms with E-state index in [1.807, 2.05) is 0 Å². The van der Waals surface area contributed by atoms with E-state index in [9.17, 15) is 5.21 Å². The summed E-state index contributed by atoms with van der Waals surface area (Å²) in [4.78, 5) is 3.46. The fraction of sp³-hybridized carbons (Fsp3) is 0.444. The van der Waals surface area contributed by atoms with E-state index in [0.717, 1.165) is 30.2 Å². The van der Waals surface area contributed by atoms with E-state index in [1.54, 1.807) is 0 Å². The lowest BCUT2D eigenvalue weighted by atomic mass is 9.83. The van der Waals surface area contributed by atoms with Crippen LogP contribution in [0.3, 0.4) is 0 Å². The molecule has 0 atom stereocenters. The van der Waals surface area contributed by atoms with Crippen LogP contribution in [0.25, 0.3) is 16.6 Å². The van der Waals surface area contributed by atoms with Crippen molar-refractivity contribution >= 4 is 16.6 Å². The van der Waals surface area contributed by atoms with Gasteiger partial charge in [-0.25, -0.2) is 0 Å². The standard InChI is InChI=1S/C18H22N2O/c21-20-17-8-4-7-14-15-11-13(12-5-2-1-3-6-12)9-10-16(15)19-18(14)17/h8-12,19-21H,1-7H2. The minimum Gasteiger partial charge on any atom is -0.353 e. The molecule has 1 fully saturated rings. The first-order chi connectivity index (χ1) is 10.4. The largest absolute Gasteiger partial charge is 0.353 e. The number of hydrogen-bond acceptors (Lipinski definition) is 2. The summed E-state index contributed by atoms with van der Waals surface area (Å²) in [6.07, 6.45) is 10.9. The van der Waals surface area contributed by atoms with Crippen molar-refractivity contribution in [3.05, 3.63) is 41.1 Å². The molecule has 2 aliphatic rings. The monoisotopic (exact) mass is 282 g/mol. The Labute approximate surface area is 125 Å². The molecule has 0 bridgehead atoms. The van der Waals surface area contributed by atoms with Gasteiger partial charge in [-0.3, -0.25) is 10.7 Å². The van der Waals surface area contributed by atoms with E-state index in [2.05, 4.69) is 34.7 Å². The highest BCUT2D eigenvalue weighted by molar-refractivity contribution is 5.90. The van der Waals surface area contributed by atoms with Gasteiger partial charge < -0.3 is 4.98 Å². The molecule has 0 saturated heterocycles. The topological polar surface area (TPSA) is 48.0 Å². The number of fused-ring (bicyclic) bond motifs is 3. The van der Waals surface area contributed by atoms with Crippen molar-refractivity contribution in [1.29, 1.82) is 0 Å². The molecule has 21 heavy (non-hydrogen) atoms. The van der Waals surface area contributed by atoms with E-state index in [0.29, 0.717) is 0 Å². The number of hydroxylamine groups is 1. The highest BCUT2D eigenvalue weighted by Crippen LogP contribution is 2.37. The summed E-state index contributed by atoms with van der Waals surface area (Å²) in [5.74, 6) is 0.739. The summed E-state index contributed by atoms with van der Waals surface area (Å²) in [6.45, 7) is 0. The first-order valence-electron chi connectivity index (χ1n) is 8.12. The fourth-order valence-corrected chi connectivity index (χ4v) is 4.01. The molecule has 1 heterocycles. The van der Waals surface area contributed by atoms with Crippen LogP contribution in [0.15, 0.2) is 24.3 Å². The molecule has 3 heteroatoms. The van der Waals surface area contributed by atoms with Crippen LogP contribution >= 0.6 is 0 Å². The van der Waals surface area contributed by atoms with Crippen molar-refractivity contribution < 1.29 is 5.21 Å². The van der Waals surface area contributed by atoms with Gasteiger partial charge in [-0.15, -0.1) is 0 Å². The van der Waals surface area contributed by atoms with Crippen LogP contribution in [0.5, 0.6) is 0 Å². The maximum Gasteiger partial charge on any atom is 0.0800 e. The van der Waals surface area contributed by atoms with Crippen LogP contribution in [-0.4, -0.2) is 10.2 Å². The predicted octanol–water partition coefficient (Wildman–Crippen LogP) is 4.48. The highest BCUT2D eigenvalue weighted by atomic mass is 16.5. The molecule has 1 saturated carbocycles. The van der Waals surface area contributed by atoms with E-state index in [1.165, 1.54) is 54.1 Å². The van der Waals surface area contributed by atoms with E-state index < -0.39 is 0 Å². The zero-order chi connectivity index (χ0) is 14.2. The molecule has 2 aliphatic carbocycles. The van der Waals surface area contributed by atoms with Gasteiger partial charge in [0.15, 0.2) is 0 Å². The summed E-state index contributed by atoms with van der Waals surface area (Å²) >= 11 is 0. The molecule has 3 nitrogen and oxygen atoms in total. The Hall–Kier alpha value is -1.74. The number of H-pyrrole nitrogens is 1. The third-order valence-electron chi connectivity index (χ3n) is 5.14. The second kappa shape index (κ2) is 5.23. The van der Waals surface area contributed by atoms with E-state index >= 15 is 0 Å². The van der Waals surface area contributed by atoms with Crippen molar-refractivity contribution in [2.45, 2.75) is 50.9 Å². The van der Waals surface area contributed by atoms with Crippen molar-refractivity contribution in [3.63, 3.8) is 0 Å². The number of benzene rings is 1. The first kappa shape index (κ1) is 13.0. The van der Waals surface area contributed by atoms with Gasteiger partial charge in [0.05, 0.1) is 11.4 Å². The second-order valence-corrected chi connectivity index (χ2v) is 6.39. The molecule has 1 aromatic carbocycles. The van der Waals surface area contributed by atoms with Gasteiger partial charge in [-0.1, -0.05) is 31.4 Å². The summed E-state index contributed by atoms with van der Waals surface area (Å²) in [5, 5.41) is 10.6. The average molecular weight is 282 g/mol. The number of rotatable bonds is 2. The van der Waals surface area contributed by atoms with Crippen LogP contribution < -0.4 is 5.48 Å². The Balaban J connectivity index is 1.79. The number of aromatic amines is 1. The van der Waals surface area contributed by atoms with Gasteiger partial charge in [0.2, 0.25) is 0 Å². The SMILES string of the molecule is ONC1=CCCc2c1[nH]c1ccc(C3CCCCC3)cc21. The third kappa shape index (κ3) is 2.16. The van der Waals surface area contributed by atoms with Crippen LogP contribution in [-0.2, 0) is 6.42 Å². The molecule has 110 valence electrons. The molecular formula is C18H22N2O. The number of hydrogen-bond donors (Lipinski definition) is 3. The first-order valence-corrected chi connectivity index (χ1v) is 8.12. The molecule has 2 aromatic rings. The van der Waals surface area contributed by atoms with Gasteiger partial charge in [0.25, 0.3) is 0 Å². The number of nitrogens with one attached hydrogen (secondary N) is 2. The smallest absolute Gasteiger partial charge is 0.0800 e. The zero-order valence-electron chi connectivity index (χ0n) is 12.3. The molecule has 1 aromatic heterocycles. The lowest BCUT2D eigenvalue weighted by molar-refractivity contribution is 0.223. The van der Waals surface area contributed by atoms with Crippen molar-refractivity contribution in [2.75, 3.05) is 0 Å². The van der Waals surface area contributed by atoms with Gasteiger partial charge in [-0.2, -0.15) is 0 Å². The molecule has 0 aliphatic heterocycles. The Morgan fingerprint density at radius 1 is 1.14 bits per heavy atom. The number of aromatic nitrogens is 1. The highest BCUT2D eigenvalue weighted by Gasteiger charge is 2.20. The lowest BCUT2D eigenvalue weighted by Crippen LogP contribution is -2.10. The normalized spacial score (nSPS) is 19.4. The second-order valence-electron chi connectivity index (χ2n) is 6.39. The molecule has 0 amide bonds. The maximum atomic E-state index is 9.28. The Kier molecular flexibility index (Phi) is 3.23. The van der Waals surface area contributed by atoms with E-state index in [-0.39, 0.29) is 0 Å². The van der Waals surface area contributed by atoms with Gasteiger partial charge in [-0.05, 0) is 54.9 Å². The quantitative estimate of drug-likeness (QED) is 0.711. The van der Waals surface area contributed by atoms with Crippen molar-refractivity contribution in [2.24, 2.45) is 0 Å². The number of allylic oxidation sites excluding steroid dienone is 1. The summed E-state index contributed by atoms with van der Waals surface area (Å²) in [6, 6.07) is 6.89. The number of aryl methyl sites for hydroxylation is 1. The maximum absolute atomic E-state index is 9.28. The Morgan fingerprint density at radius 2 is 2.00 bits per heavy atom. The zero-order valence-corrected chi connectivity index (χ0v) is 12.3. The van der Waals surface area contributed by atoms with Crippen LogP contribution in [0.4, 0.5) is 0 Å². The van der Waals surface area contributed by atoms with Gasteiger partial charge in [0.1, 0.15) is 0 Å². The Morgan fingerprint density at radius 3 is 2.81 bits per heavy atom. The molecule has 3 N–H and O–H groups in total. The van der Waals surface area contributed by atoms with Gasteiger partial charge >= 0.3 is 0 Å². The van der Waals surface area contributed by atoms with Crippen molar-refractivity contribution in [1.82, 2.24) is 10.5 Å². The van der Waals surface area contributed by atoms with Crippen LogP contribution in [0.1, 0.15) is 61.3 Å². The summed E-state index contributed by atoms with van der Waals surface area (Å²) < 4.78 is 0. The minimum atomic E-state index is 0.739. The molecule has 0 spiro atoms. The molecular weight excluding hydrogens is 260 g/mol. The Bertz CT molecular complexity index is 693. The van der Waals surface area contributed by atoms with E-state index in [4.69, 9.17) is 0 Å². The molecule has 0 unspecified atom stereocenters. The predicted molar refractivity (Wildman–Crippen MR) is 85.3 cm³/mol. The van der Waals surface area contributed by atoms with Crippen LogP contribution in [0.2, 0.25) is 0 Å². The van der Waals surface area contributed by atoms with Crippen molar-refractivity contribution in [3.8, 4) is 0 Å². The lowest BCUT2D eigenvalue weighted by Gasteiger charge is -2.22. The summed E-state index contributed by atoms with van der Waals surface area (Å²) in [5.41, 5.74) is 8.22. The molecule has 4 rings (SSSR count). The summed E-state index contributed by atoms with van der Waals surface area (Å²) in [7, 11) is 0. The fourth-order valence-electron chi connectivity index (χ4n) is 4.01. The minimum absolute atomic E-state index is 0.739. The average Bonchev–Trinajstić information content (AvgIpc) is 2.93.